The van der Waals surface area contributed by atoms with Crippen LogP contribution in [0, 0.1) is 0 Å². The number of para-hydroxylation sites is 1. The maximum atomic E-state index is 13.2. The first kappa shape index (κ1) is 33.7. The van der Waals surface area contributed by atoms with E-state index in [9.17, 15) is 29.1 Å². The molecule has 0 aromatic heterocycles. The number of benzene rings is 3. The predicted octanol–water partition coefficient (Wildman–Crippen LogP) is 1.63. The average Bonchev–Trinajstić information content (AvgIpc) is 3.00. The van der Waals surface area contributed by atoms with Gasteiger partial charge in [-0.05, 0) is 68.3 Å². The molecule has 3 atom stereocenters. The smallest absolute Gasteiger partial charge is 0.250 e. The molecule has 13 heteroatoms. The van der Waals surface area contributed by atoms with E-state index in [1.807, 2.05) is 12.1 Å². The van der Waals surface area contributed by atoms with Gasteiger partial charge in [0.25, 0.3) is 5.91 Å². The zero-order valence-corrected chi connectivity index (χ0v) is 25.8. The minimum atomic E-state index is -1.00. The summed E-state index contributed by atoms with van der Waals surface area (Å²) in [5, 5.41) is 19.3. The second kappa shape index (κ2) is 16.2. The third kappa shape index (κ3) is 10.2. The summed E-state index contributed by atoms with van der Waals surface area (Å²) in [7, 11) is 0. The van der Waals surface area contributed by atoms with E-state index in [1.54, 1.807) is 54.6 Å². The second-order valence-corrected chi connectivity index (χ2v) is 10.9. The molecular weight excluding hydrogens is 632 g/mol. The molecule has 0 fully saturated rings. The lowest BCUT2D eigenvalue weighted by Gasteiger charge is -2.24. The summed E-state index contributed by atoms with van der Waals surface area (Å²) < 4.78 is 0.780. The Morgan fingerprint density at radius 3 is 2.00 bits per heavy atom. The average molecular weight is 668 g/mol. The van der Waals surface area contributed by atoms with E-state index in [4.69, 9.17) is 5.73 Å². The number of carbonyl (C=O) groups is 5. The Bertz CT molecular complexity index is 1470. The molecule has 0 aliphatic heterocycles. The first-order valence-corrected chi connectivity index (χ1v) is 14.6. The van der Waals surface area contributed by atoms with Gasteiger partial charge in [-0.15, -0.1) is 0 Å². The van der Waals surface area contributed by atoms with Gasteiger partial charge < -0.3 is 32.1 Å². The van der Waals surface area contributed by atoms with Crippen LogP contribution in [0.3, 0.4) is 0 Å². The highest BCUT2D eigenvalue weighted by Crippen LogP contribution is 2.27. The highest BCUT2D eigenvalue weighted by Gasteiger charge is 2.23. The summed E-state index contributed by atoms with van der Waals surface area (Å²) in [6.07, 6.45) is 0.197. The Morgan fingerprint density at radius 2 is 1.36 bits per heavy atom. The first-order chi connectivity index (χ1) is 20.9. The summed E-state index contributed by atoms with van der Waals surface area (Å²) in [5.41, 5.74) is 7.89. The summed E-state index contributed by atoms with van der Waals surface area (Å²) >= 11 is 3.41. The normalized spacial score (nSPS) is 12.6. The lowest BCUT2D eigenvalue weighted by atomic mass is 10.1. The van der Waals surface area contributed by atoms with E-state index < -0.39 is 54.2 Å². The number of nitrogens with one attached hydrogen (secondary N) is 4. The summed E-state index contributed by atoms with van der Waals surface area (Å²) in [5.74, 6) is -2.73. The number of anilines is 2. The quantitative estimate of drug-likeness (QED) is 0.160. The molecule has 0 heterocycles. The monoisotopic (exact) mass is 666 g/mol. The molecular formula is C31H35BrN6O6. The van der Waals surface area contributed by atoms with Crippen molar-refractivity contribution >= 4 is 56.8 Å². The first-order valence-electron chi connectivity index (χ1n) is 13.8. The lowest BCUT2D eigenvalue weighted by Crippen LogP contribution is -2.53. The number of amides is 5. The summed E-state index contributed by atoms with van der Waals surface area (Å²) in [6, 6.07) is 19.5. The minimum absolute atomic E-state index is 0.0916. The molecule has 0 spiro atoms. The van der Waals surface area contributed by atoms with Gasteiger partial charge in [0.05, 0.1) is 24.8 Å². The van der Waals surface area contributed by atoms with Gasteiger partial charge in [-0.3, -0.25) is 28.9 Å². The molecule has 12 nitrogen and oxygen atoms in total. The molecule has 3 aromatic rings. The van der Waals surface area contributed by atoms with Gasteiger partial charge in [-0.25, -0.2) is 0 Å². The Morgan fingerprint density at radius 1 is 0.773 bits per heavy atom. The van der Waals surface area contributed by atoms with Crippen LogP contribution < -0.4 is 31.9 Å². The fraction of sp³-hybridized carbons (Fsp3) is 0.258. The highest BCUT2D eigenvalue weighted by molar-refractivity contribution is 9.10. The van der Waals surface area contributed by atoms with Crippen molar-refractivity contribution in [2.75, 3.05) is 18.0 Å². The molecule has 0 aliphatic carbocycles. The lowest BCUT2D eigenvalue weighted by molar-refractivity contribution is -0.131. The Labute approximate surface area is 263 Å². The molecule has 0 saturated carbocycles. The molecule has 5 amide bonds. The zero-order valence-electron chi connectivity index (χ0n) is 24.2. The van der Waals surface area contributed by atoms with Crippen molar-refractivity contribution in [3.8, 4) is 5.75 Å². The Kier molecular flexibility index (Phi) is 12.4. The van der Waals surface area contributed by atoms with Crippen LogP contribution in [0.4, 0.5) is 11.4 Å². The Hall–Kier alpha value is -4.75. The van der Waals surface area contributed by atoms with Crippen LogP contribution in [0.25, 0.3) is 0 Å². The van der Waals surface area contributed by atoms with Gasteiger partial charge >= 0.3 is 0 Å². The molecule has 0 saturated heterocycles. The molecule has 0 bridgehead atoms. The number of phenols is 1. The van der Waals surface area contributed by atoms with Crippen molar-refractivity contribution in [3.05, 3.63) is 88.9 Å². The maximum absolute atomic E-state index is 13.2. The number of hydrogen-bond acceptors (Lipinski definition) is 7. The van der Waals surface area contributed by atoms with Crippen molar-refractivity contribution in [3.63, 3.8) is 0 Å². The number of nitrogens with two attached hydrogens (primary N) is 1. The molecule has 7 N–H and O–H groups in total. The van der Waals surface area contributed by atoms with Crippen LogP contribution in [0.1, 0.15) is 19.4 Å². The molecule has 0 unspecified atom stereocenters. The number of aromatic hydroxyl groups is 1. The Balaban J connectivity index is 1.44. The third-order valence-corrected chi connectivity index (χ3v) is 6.91. The number of halogens is 1. The second-order valence-electron chi connectivity index (χ2n) is 9.98. The van der Waals surface area contributed by atoms with Crippen LogP contribution in [-0.4, -0.2) is 65.9 Å². The van der Waals surface area contributed by atoms with E-state index in [0.29, 0.717) is 11.4 Å². The maximum Gasteiger partial charge on any atom is 0.250 e. The van der Waals surface area contributed by atoms with Crippen molar-refractivity contribution < 1.29 is 29.1 Å². The van der Waals surface area contributed by atoms with E-state index in [0.717, 1.165) is 10.0 Å². The van der Waals surface area contributed by atoms with Gasteiger partial charge in [0, 0.05) is 10.2 Å². The SMILES string of the molecule is C[C@H](NC(=O)CNC(=O)[C@@H](C)NC(=O)[C@@H](N)Cc1ccc(O)cc1)C(=O)NCC(=O)N(c1ccccc1)c1cccc(Br)c1. The van der Waals surface area contributed by atoms with Crippen LogP contribution in [0.15, 0.2) is 83.3 Å². The van der Waals surface area contributed by atoms with E-state index >= 15 is 0 Å². The fourth-order valence-electron chi connectivity index (χ4n) is 4.07. The van der Waals surface area contributed by atoms with Crippen molar-refractivity contribution in [2.45, 2.75) is 38.4 Å². The van der Waals surface area contributed by atoms with Gasteiger partial charge in [0.1, 0.15) is 17.8 Å². The number of nitrogens with zero attached hydrogens (tertiary/aromatic N) is 1. The molecule has 44 heavy (non-hydrogen) atoms. The molecule has 232 valence electrons. The summed E-state index contributed by atoms with van der Waals surface area (Å²) in [6.45, 7) is 2.11. The van der Waals surface area contributed by atoms with Crippen molar-refractivity contribution in [2.24, 2.45) is 5.73 Å². The highest BCUT2D eigenvalue weighted by atomic mass is 79.9. The largest absolute Gasteiger partial charge is 0.508 e. The molecule has 0 radical (unpaired) electrons. The van der Waals surface area contributed by atoms with Gasteiger partial charge in [0.2, 0.25) is 23.6 Å². The minimum Gasteiger partial charge on any atom is -0.508 e. The van der Waals surface area contributed by atoms with Crippen molar-refractivity contribution in [1.29, 1.82) is 0 Å². The fourth-order valence-corrected chi connectivity index (χ4v) is 4.45. The third-order valence-electron chi connectivity index (χ3n) is 6.42. The van der Waals surface area contributed by atoms with Crippen molar-refractivity contribution in [1.82, 2.24) is 21.3 Å². The van der Waals surface area contributed by atoms with Crippen LogP contribution >= 0.6 is 15.9 Å². The number of phenolic OH excluding ortho intramolecular Hbond substituents is 1. The number of hydrogen-bond donors (Lipinski definition) is 6. The molecule has 0 aliphatic rings. The molecule has 3 aromatic carbocycles. The number of rotatable bonds is 13. The van der Waals surface area contributed by atoms with E-state index in [2.05, 4.69) is 37.2 Å². The standard InChI is InChI=1S/C31H35BrN6O6/c1-19(29(42)35-18-28(41)38(23-8-4-3-5-9-23)24-10-6-7-22(32)16-24)36-27(40)17-34-30(43)20(2)37-31(44)26(33)15-21-11-13-25(39)14-12-21/h3-14,16,19-20,26,39H,15,17-18,33H2,1-2H3,(H,34,43)(H,35,42)(H,36,40)(H,37,44)/t19-,20+,26-/m0/s1. The van der Waals surface area contributed by atoms with Crippen LogP contribution in [0.2, 0.25) is 0 Å². The predicted molar refractivity (Wildman–Crippen MR) is 169 cm³/mol. The van der Waals surface area contributed by atoms with Crippen LogP contribution in [-0.2, 0) is 30.4 Å². The molecule has 3 rings (SSSR count). The van der Waals surface area contributed by atoms with Crippen LogP contribution in [0.5, 0.6) is 5.75 Å². The summed E-state index contributed by atoms with van der Waals surface area (Å²) in [4.78, 5) is 64.5. The number of carbonyl (C=O) groups excluding carboxylic acids is 5. The van der Waals surface area contributed by atoms with Gasteiger partial charge in [-0.1, -0.05) is 52.3 Å². The van der Waals surface area contributed by atoms with E-state index in [1.165, 1.54) is 30.9 Å². The zero-order chi connectivity index (χ0) is 32.2. The van der Waals surface area contributed by atoms with E-state index in [-0.39, 0.29) is 18.7 Å². The topological polar surface area (TPSA) is 183 Å². The van der Waals surface area contributed by atoms with Gasteiger partial charge in [-0.2, -0.15) is 0 Å². The van der Waals surface area contributed by atoms with Gasteiger partial charge in [0.15, 0.2) is 0 Å².